The topological polar surface area (TPSA) is 36.9 Å². The zero-order valence-electron chi connectivity index (χ0n) is 16.3. The van der Waals surface area contributed by atoms with Crippen molar-refractivity contribution in [1.82, 2.24) is 0 Å². The Morgan fingerprint density at radius 1 is 0.963 bits per heavy atom. The Labute approximate surface area is 161 Å². The minimum absolute atomic E-state index is 0.353. The van der Waals surface area contributed by atoms with Gasteiger partial charge < -0.3 is 18.8 Å². The van der Waals surface area contributed by atoms with Crippen molar-refractivity contribution in [1.29, 1.82) is 0 Å². The molecule has 1 fully saturated rings. The second-order valence-corrected chi connectivity index (χ2v) is 8.07. The highest BCUT2D eigenvalue weighted by Gasteiger charge is 2.52. The number of benzene rings is 2. The molecule has 0 amide bonds. The van der Waals surface area contributed by atoms with Crippen LogP contribution in [0.3, 0.4) is 0 Å². The molecular weight excluding hydrogens is 339 g/mol. The van der Waals surface area contributed by atoms with Gasteiger partial charge in [-0.25, -0.2) is 0 Å². The summed E-state index contributed by atoms with van der Waals surface area (Å²) in [7, 11) is -0.378. The lowest BCUT2D eigenvalue weighted by atomic mass is 9.77. The fraction of sp³-hybridized carbons (Fsp3) is 0.364. The highest BCUT2D eigenvalue weighted by molar-refractivity contribution is 6.56. The molecule has 0 saturated carbocycles. The van der Waals surface area contributed by atoms with Gasteiger partial charge in [-0.3, -0.25) is 0 Å². The summed E-state index contributed by atoms with van der Waals surface area (Å²) >= 11 is 0. The molecule has 0 unspecified atom stereocenters. The Balaban J connectivity index is 1.47. The third-order valence-electron chi connectivity index (χ3n) is 5.52. The summed E-state index contributed by atoms with van der Waals surface area (Å²) in [5.41, 5.74) is 2.44. The molecule has 27 heavy (non-hydrogen) atoms. The highest BCUT2D eigenvalue weighted by atomic mass is 16.7. The zero-order chi connectivity index (χ0) is 19.1. The molecule has 2 aromatic carbocycles. The lowest BCUT2D eigenvalue weighted by Gasteiger charge is -2.32. The largest absolute Gasteiger partial charge is 0.494 e. The van der Waals surface area contributed by atoms with Crippen molar-refractivity contribution in [2.24, 2.45) is 0 Å². The van der Waals surface area contributed by atoms with Crippen LogP contribution in [0.4, 0.5) is 0 Å². The quantitative estimate of drug-likeness (QED) is 0.739. The van der Waals surface area contributed by atoms with E-state index in [0.29, 0.717) is 13.2 Å². The number of hydrogen-bond acceptors (Lipinski definition) is 4. The molecule has 2 aliphatic rings. The van der Waals surface area contributed by atoms with E-state index in [1.807, 2.05) is 36.4 Å². The number of hydrogen-bond donors (Lipinski definition) is 0. The van der Waals surface area contributed by atoms with Gasteiger partial charge in [-0.05, 0) is 50.9 Å². The fourth-order valence-corrected chi connectivity index (χ4v) is 3.12. The molecule has 140 valence electrons. The third kappa shape index (κ3) is 3.62. The predicted molar refractivity (Wildman–Crippen MR) is 107 cm³/mol. The van der Waals surface area contributed by atoms with Crippen LogP contribution in [0.25, 0.3) is 6.08 Å². The normalized spacial score (nSPS) is 19.9. The van der Waals surface area contributed by atoms with Gasteiger partial charge >= 0.3 is 7.12 Å². The summed E-state index contributed by atoms with van der Waals surface area (Å²) in [4.78, 5) is 0. The average molecular weight is 364 g/mol. The Bertz CT molecular complexity index is 842. The van der Waals surface area contributed by atoms with Crippen LogP contribution in [0.5, 0.6) is 11.5 Å². The summed E-state index contributed by atoms with van der Waals surface area (Å²) in [5.74, 6) is 1.62. The molecule has 4 rings (SSSR count). The van der Waals surface area contributed by atoms with Crippen LogP contribution >= 0.6 is 0 Å². The van der Waals surface area contributed by atoms with Crippen molar-refractivity contribution in [2.45, 2.75) is 45.5 Å². The van der Waals surface area contributed by atoms with Gasteiger partial charge in [0.15, 0.2) is 0 Å². The Kier molecular flexibility index (Phi) is 4.53. The van der Waals surface area contributed by atoms with Gasteiger partial charge in [-0.1, -0.05) is 36.4 Å². The molecule has 1 saturated heterocycles. The summed E-state index contributed by atoms with van der Waals surface area (Å²) in [6.45, 7) is 9.22. The smallest absolute Gasteiger partial charge is 0.489 e. The van der Waals surface area contributed by atoms with Gasteiger partial charge in [-0.2, -0.15) is 0 Å². The molecule has 0 radical (unpaired) electrons. The number of rotatable bonds is 4. The predicted octanol–water partition coefficient (Wildman–Crippen LogP) is 4.67. The second-order valence-electron chi connectivity index (χ2n) is 8.07. The lowest BCUT2D eigenvalue weighted by molar-refractivity contribution is 0.00578. The molecular formula is C22H25BO4. The van der Waals surface area contributed by atoms with Crippen LogP contribution in [-0.2, 0) is 15.9 Å². The molecule has 2 aromatic rings. The van der Waals surface area contributed by atoms with Crippen LogP contribution < -0.4 is 9.47 Å². The summed E-state index contributed by atoms with van der Waals surface area (Å²) < 4.78 is 24.1. The van der Waals surface area contributed by atoms with E-state index >= 15 is 0 Å². The van der Waals surface area contributed by atoms with Crippen molar-refractivity contribution in [3.63, 3.8) is 0 Å². The van der Waals surface area contributed by atoms with E-state index < -0.39 is 0 Å². The number of ether oxygens (including phenoxy) is 2. The summed E-state index contributed by atoms with van der Waals surface area (Å²) in [6, 6.07) is 16.0. The van der Waals surface area contributed by atoms with Gasteiger partial charge in [0.25, 0.3) is 0 Å². The number of fused-ring (bicyclic) bond motifs is 1. The Hall–Kier alpha value is -2.24. The zero-order valence-corrected chi connectivity index (χ0v) is 16.3. The Morgan fingerprint density at radius 2 is 1.67 bits per heavy atom. The van der Waals surface area contributed by atoms with E-state index in [4.69, 9.17) is 18.8 Å². The lowest BCUT2D eigenvalue weighted by Crippen LogP contribution is -2.41. The van der Waals surface area contributed by atoms with Crippen LogP contribution in [0, 0.1) is 0 Å². The van der Waals surface area contributed by atoms with E-state index in [-0.39, 0.29) is 18.3 Å². The molecule has 2 heterocycles. The average Bonchev–Trinajstić information content (AvgIpc) is 2.88. The molecule has 0 aromatic heterocycles. The van der Waals surface area contributed by atoms with E-state index in [1.54, 1.807) is 0 Å². The highest BCUT2D eigenvalue weighted by Crippen LogP contribution is 2.40. The molecule has 0 aliphatic carbocycles. The van der Waals surface area contributed by atoms with E-state index in [0.717, 1.165) is 28.1 Å². The molecule has 0 spiro atoms. The van der Waals surface area contributed by atoms with Crippen molar-refractivity contribution >= 4 is 13.2 Å². The first-order valence-corrected chi connectivity index (χ1v) is 9.34. The second kappa shape index (κ2) is 6.73. The molecule has 4 nitrogen and oxygen atoms in total. The van der Waals surface area contributed by atoms with Crippen molar-refractivity contribution < 1.29 is 18.8 Å². The van der Waals surface area contributed by atoms with Crippen LogP contribution in [0.2, 0.25) is 0 Å². The van der Waals surface area contributed by atoms with Gasteiger partial charge in [0.05, 0.1) is 11.2 Å². The van der Waals surface area contributed by atoms with Gasteiger partial charge in [-0.15, -0.1) is 0 Å². The van der Waals surface area contributed by atoms with Crippen molar-refractivity contribution in [3.8, 4) is 11.5 Å². The van der Waals surface area contributed by atoms with Gasteiger partial charge in [0.1, 0.15) is 24.7 Å². The first-order valence-electron chi connectivity index (χ1n) is 9.34. The molecule has 0 atom stereocenters. The summed E-state index contributed by atoms with van der Waals surface area (Å²) in [5, 5.41) is 0. The van der Waals surface area contributed by atoms with E-state index in [2.05, 4.69) is 45.9 Å². The first-order chi connectivity index (χ1) is 12.8. The standard InChI is InChI=1S/C22H25BO4/c1-21(2)22(3,4)27-23(26-21)18-12-17-10-11-19(13-20(17)25-15-18)24-14-16-8-6-5-7-9-16/h5-13H,14-15H2,1-4H3. The van der Waals surface area contributed by atoms with Crippen molar-refractivity contribution in [3.05, 3.63) is 65.1 Å². The molecule has 5 heteroatoms. The van der Waals surface area contributed by atoms with Crippen molar-refractivity contribution in [2.75, 3.05) is 6.61 Å². The molecule has 2 aliphatic heterocycles. The monoisotopic (exact) mass is 364 g/mol. The minimum atomic E-state index is -0.378. The van der Waals surface area contributed by atoms with Gasteiger partial charge in [0.2, 0.25) is 0 Å². The fourth-order valence-electron chi connectivity index (χ4n) is 3.12. The molecule has 0 N–H and O–H groups in total. The SMILES string of the molecule is CC1(C)OB(C2=Cc3ccc(OCc4ccccc4)cc3OC2)OC1(C)C. The van der Waals surface area contributed by atoms with Crippen LogP contribution in [-0.4, -0.2) is 24.9 Å². The van der Waals surface area contributed by atoms with Crippen LogP contribution in [0.15, 0.2) is 54.0 Å². The first kappa shape index (κ1) is 18.1. The maximum Gasteiger partial charge on any atom is 0.494 e. The van der Waals surface area contributed by atoms with E-state index in [9.17, 15) is 0 Å². The summed E-state index contributed by atoms with van der Waals surface area (Å²) in [6.07, 6.45) is 2.10. The minimum Gasteiger partial charge on any atom is -0.489 e. The van der Waals surface area contributed by atoms with Gasteiger partial charge in [0, 0.05) is 11.6 Å². The Morgan fingerprint density at radius 3 is 2.37 bits per heavy atom. The molecule has 0 bridgehead atoms. The third-order valence-corrected chi connectivity index (χ3v) is 5.52. The van der Waals surface area contributed by atoms with E-state index in [1.165, 1.54) is 0 Å². The maximum absolute atomic E-state index is 6.13. The maximum atomic E-state index is 6.13. The van der Waals surface area contributed by atoms with Crippen LogP contribution in [0.1, 0.15) is 38.8 Å².